The number of rotatable bonds is 9. The minimum Gasteiger partial charge on any atom is -0.508 e. The molecule has 3 rings (SSSR count). The molecule has 0 saturated heterocycles. The molecule has 0 fully saturated rings. The minimum absolute atomic E-state index is 0.0449. The number of phenolic OH excluding ortho intramolecular Hbond substituents is 1. The first-order valence-corrected chi connectivity index (χ1v) is 10.2. The van der Waals surface area contributed by atoms with E-state index in [1.54, 1.807) is 0 Å². The van der Waals surface area contributed by atoms with Crippen LogP contribution in [0.3, 0.4) is 0 Å². The van der Waals surface area contributed by atoms with E-state index < -0.39 is 0 Å². The predicted octanol–water partition coefficient (Wildman–Crippen LogP) is 6.54. The molecule has 142 valence electrons. The van der Waals surface area contributed by atoms with Gasteiger partial charge < -0.3 is 5.11 Å². The molecule has 3 aromatic rings. The highest BCUT2D eigenvalue weighted by molar-refractivity contribution is 5.88. The summed E-state index contributed by atoms with van der Waals surface area (Å²) in [6.45, 7) is 3.27. The third-order valence-corrected chi connectivity index (χ3v) is 5.39. The van der Waals surface area contributed by atoms with Crippen LogP contribution in [0.5, 0.6) is 5.75 Å². The molecule has 0 amide bonds. The van der Waals surface area contributed by atoms with Crippen LogP contribution in [0.2, 0.25) is 0 Å². The molecule has 0 aliphatic carbocycles. The van der Waals surface area contributed by atoms with Crippen molar-refractivity contribution >= 4 is 10.8 Å². The maximum atomic E-state index is 10.8. The van der Waals surface area contributed by atoms with Gasteiger partial charge in [0.25, 0.3) is 0 Å². The van der Waals surface area contributed by atoms with E-state index in [-0.39, 0.29) is 6.04 Å². The van der Waals surface area contributed by atoms with Crippen molar-refractivity contribution in [3.05, 3.63) is 77.9 Å². The van der Waals surface area contributed by atoms with Gasteiger partial charge in [0.05, 0.1) is 6.04 Å². The molecule has 1 atom stereocenters. The van der Waals surface area contributed by atoms with Gasteiger partial charge in [-0.1, -0.05) is 93.3 Å². The fraction of sp³-hybridized carbons (Fsp3) is 0.360. The smallest absolute Gasteiger partial charge is 0.121 e. The van der Waals surface area contributed by atoms with E-state index in [9.17, 15) is 5.11 Å². The molecule has 0 unspecified atom stereocenters. The van der Waals surface area contributed by atoms with Gasteiger partial charge in [-0.3, -0.25) is 4.90 Å². The van der Waals surface area contributed by atoms with Crippen LogP contribution in [0.15, 0.2) is 66.7 Å². The molecule has 0 aromatic heterocycles. The van der Waals surface area contributed by atoms with Gasteiger partial charge in [-0.05, 0) is 42.4 Å². The Morgan fingerprint density at radius 1 is 0.815 bits per heavy atom. The Bertz CT molecular complexity index is 843. The number of hydrogen-bond donors (Lipinski definition) is 1. The van der Waals surface area contributed by atoms with Gasteiger partial charge in [-0.2, -0.15) is 0 Å². The Kier molecular flexibility index (Phi) is 6.89. The fourth-order valence-electron chi connectivity index (χ4n) is 3.94. The maximum absolute atomic E-state index is 10.8. The summed E-state index contributed by atoms with van der Waals surface area (Å²) in [5, 5.41) is 13.1. The van der Waals surface area contributed by atoms with Crippen molar-refractivity contribution in [2.24, 2.45) is 0 Å². The van der Waals surface area contributed by atoms with Crippen molar-refractivity contribution in [2.45, 2.75) is 45.1 Å². The zero-order valence-corrected chi connectivity index (χ0v) is 16.6. The molecule has 0 radical (unpaired) electrons. The van der Waals surface area contributed by atoms with Gasteiger partial charge >= 0.3 is 0 Å². The van der Waals surface area contributed by atoms with E-state index in [1.165, 1.54) is 43.1 Å². The molecule has 1 N–H and O–H groups in total. The van der Waals surface area contributed by atoms with Crippen LogP contribution in [-0.2, 0) is 0 Å². The van der Waals surface area contributed by atoms with E-state index in [4.69, 9.17) is 0 Å². The van der Waals surface area contributed by atoms with Gasteiger partial charge in [0, 0.05) is 5.56 Å². The molecule has 2 heteroatoms. The summed E-state index contributed by atoms with van der Waals surface area (Å²) in [6.07, 6.45) is 6.34. The Labute approximate surface area is 163 Å². The number of nitrogens with zero attached hydrogens (tertiary/aromatic N) is 1. The average Bonchev–Trinajstić information content (AvgIpc) is 2.70. The molecule has 3 aromatic carbocycles. The number of fused-ring (bicyclic) bond motifs is 1. The minimum atomic E-state index is 0.0449. The maximum Gasteiger partial charge on any atom is 0.121 e. The van der Waals surface area contributed by atoms with E-state index >= 15 is 0 Å². The summed E-state index contributed by atoms with van der Waals surface area (Å²) in [7, 11) is 2.18. The number of phenols is 1. The fourth-order valence-corrected chi connectivity index (χ4v) is 3.94. The topological polar surface area (TPSA) is 23.5 Å². The molecular formula is C25H31NO. The lowest BCUT2D eigenvalue weighted by atomic mass is 9.91. The van der Waals surface area contributed by atoms with E-state index in [0.29, 0.717) is 5.75 Å². The third-order valence-electron chi connectivity index (χ3n) is 5.39. The van der Waals surface area contributed by atoms with E-state index in [1.807, 2.05) is 18.2 Å². The summed E-state index contributed by atoms with van der Waals surface area (Å²) in [6, 6.07) is 22.8. The second-order valence-electron chi connectivity index (χ2n) is 7.43. The largest absolute Gasteiger partial charge is 0.508 e. The second kappa shape index (κ2) is 9.57. The van der Waals surface area contributed by atoms with Gasteiger partial charge in [0.1, 0.15) is 5.75 Å². The Balaban J connectivity index is 1.95. The number of aromatic hydroxyl groups is 1. The lowest BCUT2D eigenvalue weighted by Crippen LogP contribution is -2.27. The number of benzene rings is 3. The first-order chi connectivity index (χ1) is 13.2. The van der Waals surface area contributed by atoms with Crippen LogP contribution in [0, 0.1) is 0 Å². The SMILES string of the molecule is CCCCCCCN(C)[C@@H](c1ccccc1)c1c(O)ccc2ccccc12. The first-order valence-electron chi connectivity index (χ1n) is 10.2. The summed E-state index contributed by atoms with van der Waals surface area (Å²) in [5.74, 6) is 0.375. The second-order valence-corrected chi connectivity index (χ2v) is 7.43. The predicted molar refractivity (Wildman–Crippen MR) is 115 cm³/mol. The van der Waals surface area contributed by atoms with Crippen LogP contribution in [0.1, 0.15) is 56.2 Å². The van der Waals surface area contributed by atoms with Crippen molar-refractivity contribution in [3.63, 3.8) is 0 Å². The van der Waals surface area contributed by atoms with Crippen molar-refractivity contribution in [1.29, 1.82) is 0 Å². The van der Waals surface area contributed by atoms with Crippen LogP contribution in [-0.4, -0.2) is 23.6 Å². The molecule has 2 nitrogen and oxygen atoms in total. The third kappa shape index (κ3) is 4.70. The number of hydrogen-bond acceptors (Lipinski definition) is 2. The van der Waals surface area contributed by atoms with Crippen LogP contribution >= 0.6 is 0 Å². The zero-order chi connectivity index (χ0) is 19.1. The van der Waals surface area contributed by atoms with Gasteiger partial charge in [0.2, 0.25) is 0 Å². The van der Waals surface area contributed by atoms with Crippen molar-refractivity contribution < 1.29 is 5.11 Å². The molecule has 0 bridgehead atoms. The quantitative estimate of drug-likeness (QED) is 0.438. The monoisotopic (exact) mass is 361 g/mol. The standard InChI is InChI=1S/C25H31NO/c1-3-4-5-6-12-19-26(2)25(21-14-8-7-9-15-21)24-22-16-11-10-13-20(22)17-18-23(24)27/h7-11,13-18,25,27H,3-6,12,19H2,1-2H3/t25-/m0/s1. The first kappa shape index (κ1) is 19.4. The lowest BCUT2D eigenvalue weighted by molar-refractivity contribution is 0.268. The number of unbranched alkanes of at least 4 members (excludes halogenated alkanes) is 4. The molecule has 0 spiro atoms. The Morgan fingerprint density at radius 2 is 1.52 bits per heavy atom. The normalized spacial score (nSPS) is 12.6. The Morgan fingerprint density at radius 3 is 2.30 bits per heavy atom. The summed E-state index contributed by atoms with van der Waals surface area (Å²) < 4.78 is 0. The molecule has 0 aliphatic rings. The highest BCUT2D eigenvalue weighted by Crippen LogP contribution is 2.38. The van der Waals surface area contributed by atoms with Crippen molar-refractivity contribution in [3.8, 4) is 5.75 Å². The summed E-state index contributed by atoms with van der Waals surface area (Å²) in [5.41, 5.74) is 2.23. The summed E-state index contributed by atoms with van der Waals surface area (Å²) >= 11 is 0. The summed E-state index contributed by atoms with van der Waals surface area (Å²) in [4.78, 5) is 2.39. The van der Waals surface area contributed by atoms with Crippen LogP contribution in [0.25, 0.3) is 10.8 Å². The van der Waals surface area contributed by atoms with Gasteiger partial charge in [0.15, 0.2) is 0 Å². The van der Waals surface area contributed by atoms with Crippen molar-refractivity contribution in [1.82, 2.24) is 4.90 Å². The van der Waals surface area contributed by atoms with E-state index in [0.717, 1.165) is 17.5 Å². The Hall–Kier alpha value is -2.32. The molecule has 27 heavy (non-hydrogen) atoms. The molecule has 0 saturated carbocycles. The van der Waals surface area contributed by atoms with Crippen LogP contribution < -0.4 is 0 Å². The van der Waals surface area contributed by atoms with Crippen LogP contribution in [0.4, 0.5) is 0 Å². The lowest BCUT2D eigenvalue weighted by Gasteiger charge is -2.30. The van der Waals surface area contributed by atoms with Crippen molar-refractivity contribution in [2.75, 3.05) is 13.6 Å². The van der Waals surface area contributed by atoms with Gasteiger partial charge in [-0.25, -0.2) is 0 Å². The van der Waals surface area contributed by atoms with Gasteiger partial charge in [-0.15, -0.1) is 0 Å². The molecule has 0 heterocycles. The highest BCUT2D eigenvalue weighted by atomic mass is 16.3. The van der Waals surface area contributed by atoms with E-state index in [2.05, 4.69) is 67.4 Å². The zero-order valence-electron chi connectivity index (χ0n) is 16.6. The molecule has 0 aliphatic heterocycles. The average molecular weight is 362 g/mol. The molecular weight excluding hydrogens is 330 g/mol. The highest BCUT2D eigenvalue weighted by Gasteiger charge is 2.24.